The van der Waals surface area contributed by atoms with Crippen molar-refractivity contribution in [3.8, 4) is 0 Å². The van der Waals surface area contributed by atoms with Crippen LogP contribution in [0.1, 0.15) is 40.9 Å². The Kier molecular flexibility index (Phi) is 4.75. The van der Waals surface area contributed by atoms with Crippen molar-refractivity contribution in [3.63, 3.8) is 0 Å². The molecule has 0 atom stereocenters. The molecule has 1 fully saturated rings. The van der Waals surface area contributed by atoms with Crippen molar-refractivity contribution in [2.75, 3.05) is 23.3 Å². The number of aromatic nitrogens is 2. The number of para-hydroxylation sites is 2. The molecule has 1 aliphatic rings. The summed E-state index contributed by atoms with van der Waals surface area (Å²) in [6.07, 6.45) is 3.46. The van der Waals surface area contributed by atoms with Crippen LogP contribution in [-0.4, -0.2) is 29.0 Å². The van der Waals surface area contributed by atoms with Gasteiger partial charge in [0.1, 0.15) is 0 Å². The third-order valence-electron chi connectivity index (χ3n) is 5.05. The molecule has 0 aliphatic carbocycles. The molecule has 138 valence electrons. The fraction of sp³-hybridized carbons (Fsp3) is 0.318. The molecule has 2 heterocycles. The van der Waals surface area contributed by atoms with Gasteiger partial charge in [-0.15, -0.1) is 0 Å². The molecular formula is C22H24N4O. The maximum atomic E-state index is 13.1. The molecule has 1 saturated heterocycles. The summed E-state index contributed by atoms with van der Waals surface area (Å²) in [5, 5.41) is 3.03. The number of piperidine rings is 1. The number of amides is 1. The van der Waals surface area contributed by atoms with Crippen LogP contribution in [0.15, 0.2) is 42.5 Å². The number of anilines is 2. The lowest BCUT2D eigenvalue weighted by atomic mass is 10.1. The summed E-state index contributed by atoms with van der Waals surface area (Å²) in [6, 6.07) is 13.7. The van der Waals surface area contributed by atoms with Gasteiger partial charge in [-0.2, -0.15) is 0 Å². The van der Waals surface area contributed by atoms with Crippen molar-refractivity contribution in [2.45, 2.75) is 33.1 Å². The first-order chi connectivity index (χ1) is 13.1. The molecule has 1 N–H and O–H groups in total. The lowest BCUT2D eigenvalue weighted by molar-refractivity contribution is 0.102. The Morgan fingerprint density at radius 3 is 2.37 bits per heavy atom. The molecule has 1 aromatic heterocycles. The topological polar surface area (TPSA) is 58.1 Å². The van der Waals surface area contributed by atoms with Gasteiger partial charge in [-0.3, -0.25) is 4.79 Å². The van der Waals surface area contributed by atoms with E-state index < -0.39 is 0 Å². The van der Waals surface area contributed by atoms with Crippen LogP contribution in [0.4, 0.5) is 11.5 Å². The molecule has 3 aromatic rings. The average Bonchev–Trinajstić information content (AvgIpc) is 2.69. The number of carbonyl (C=O) groups excluding carboxylic acids is 1. The zero-order valence-corrected chi connectivity index (χ0v) is 15.8. The van der Waals surface area contributed by atoms with Crippen LogP contribution >= 0.6 is 0 Å². The molecular weight excluding hydrogens is 336 g/mol. The highest BCUT2D eigenvalue weighted by Gasteiger charge is 2.23. The first kappa shape index (κ1) is 17.5. The Bertz CT molecular complexity index is 993. The van der Waals surface area contributed by atoms with Crippen molar-refractivity contribution in [1.82, 2.24) is 9.97 Å². The van der Waals surface area contributed by atoms with E-state index in [1.165, 1.54) is 12.0 Å². The second-order valence-corrected chi connectivity index (χ2v) is 7.20. The van der Waals surface area contributed by atoms with Gasteiger partial charge in [-0.1, -0.05) is 29.8 Å². The smallest absolute Gasteiger partial charge is 0.278 e. The summed E-state index contributed by atoms with van der Waals surface area (Å²) < 4.78 is 0. The van der Waals surface area contributed by atoms with E-state index in [1.54, 1.807) is 0 Å². The molecule has 0 spiro atoms. The van der Waals surface area contributed by atoms with E-state index in [-0.39, 0.29) is 5.91 Å². The van der Waals surface area contributed by atoms with Crippen molar-refractivity contribution in [2.24, 2.45) is 0 Å². The monoisotopic (exact) mass is 360 g/mol. The Morgan fingerprint density at radius 2 is 1.67 bits per heavy atom. The summed E-state index contributed by atoms with van der Waals surface area (Å²) in [7, 11) is 0. The molecule has 1 amide bonds. The Hall–Kier alpha value is -2.95. The van der Waals surface area contributed by atoms with Gasteiger partial charge in [0, 0.05) is 18.8 Å². The standard InChI is InChI=1S/C22H24N4O/c1-15-10-11-17(16(2)14-15)25-22(27)20-21(26-12-6-3-7-13-26)24-19-9-5-4-8-18(19)23-20/h4-5,8-11,14H,3,6-7,12-13H2,1-2H3,(H,25,27). The minimum Gasteiger partial charge on any atom is -0.355 e. The molecule has 5 heteroatoms. The number of rotatable bonds is 3. The lowest BCUT2D eigenvalue weighted by Crippen LogP contribution is -2.33. The highest BCUT2D eigenvalue weighted by atomic mass is 16.1. The van der Waals surface area contributed by atoms with E-state index in [9.17, 15) is 4.79 Å². The van der Waals surface area contributed by atoms with Gasteiger partial charge in [0.2, 0.25) is 0 Å². The number of hydrogen-bond donors (Lipinski definition) is 1. The van der Waals surface area contributed by atoms with Gasteiger partial charge >= 0.3 is 0 Å². The van der Waals surface area contributed by atoms with Gasteiger partial charge in [0.15, 0.2) is 11.5 Å². The molecule has 5 nitrogen and oxygen atoms in total. The molecule has 0 radical (unpaired) electrons. The molecule has 27 heavy (non-hydrogen) atoms. The average molecular weight is 360 g/mol. The van der Waals surface area contributed by atoms with E-state index in [1.807, 2.05) is 50.2 Å². The van der Waals surface area contributed by atoms with E-state index in [0.717, 1.165) is 48.2 Å². The molecule has 0 saturated carbocycles. The van der Waals surface area contributed by atoms with Crippen LogP contribution < -0.4 is 10.2 Å². The minimum atomic E-state index is -0.208. The zero-order valence-electron chi connectivity index (χ0n) is 15.8. The van der Waals surface area contributed by atoms with E-state index in [4.69, 9.17) is 4.98 Å². The van der Waals surface area contributed by atoms with Crippen molar-refractivity contribution >= 4 is 28.4 Å². The number of fused-ring (bicyclic) bond motifs is 1. The molecule has 4 rings (SSSR count). The van der Waals surface area contributed by atoms with Crippen molar-refractivity contribution < 1.29 is 4.79 Å². The SMILES string of the molecule is Cc1ccc(NC(=O)c2nc3ccccc3nc2N2CCCCC2)c(C)c1. The third kappa shape index (κ3) is 3.63. The first-order valence-electron chi connectivity index (χ1n) is 9.52. The first-order valence-corrected chi connectivity index (χ1v) is 9.52. The second-order valence-electron chi connectivity index (χ2n) is 7.20. The summed E-state index contributed by atoms with van der Waals surface area (Å²) >= 11 is 0. The Labute approximate surface area is 159 Å². The van der Waals surface area contributed by atoms with E-state index in [0.29, 0.717) is 11.5 Å². The molecule has 0 unspecified atom stereocenters. The molecule has 1 aliphatic heterocycles. The van der Waals surface area contributed by atoms with Crippen LogP contribution in [0.5, 0.6) is 0 Å². The highest BCUT2D eigenvalue weighted by molar-refractivity contribution is 6.07. The Balaban J connectivity index is 1.74. The van der Waals surface area contributed by atoms with Gasteiger partial charge < -0.3 is 10.2 Å². The fourth-order valence-electron chi connectivity index (χ4n) is 3.60. The van der Waals surface area contributed by atoms with Crippen LogP contribution in [0.3, 0.4) is 0 Å². The number of hydrogen-bond acceptors (Lipinski definition) is 4. The van der Waals surface area contributed by atoms with Crippen LogP contribution in [-0.2, 0) is 0 Å². The molecule has 0 bridgehead atoms. The predicted octanol–water partition coefficient (Wildman–Crippen LogP) is 4.49. The molecule has 2 aromatic carbocycles. The summed E-state index contributed by atoms with van der Waals surface area (Å²) in [5.41, 5.74) is 4.98. The van der Waals surface area contributed by atoms with Gasteiger partial charge in [-0.05, 0) is 56.9 Å². The Morgan fingerprint density at radius 1 is 0.963 bits per heavy atom. The highest BCUT2D eigenvalue weighted by Crippen LogP contribution is 2.25. The van der Waals surface area contributed by atoms with Crippen LogP contribution in [0.25, 0.3) is 11.0 Å². The van der Waals surface area contributed by atoms with Crippen LogP contribution in [0, 0.1) is 13.8 Å². The second kappa shape index (κ2) is 7.35. The lowest BCUT2D eigenvalue weighted by Gasteiger charge is -2.29. The van der Waals surface area contributed by atoms with Crippen molar-refractivity contribution in [3.05, 3.63) is 59.3 Å². The van der Waals surface area contributed by atoms with Gasteiger partial charge in [0.05, 0.1) is 11.0 Å². The number of nitrogens with one attached hydrogen (secondary N) is 1. The quantitative estimate of drug-likeness (QED) is 0.748. The van der Waals surface area contributed by atoms with Crippen LogP contribution in [0.2, 0.25) is 0 Å². The third-order valence-corrected chi connectivity index (χ3v) is 5.05. The van der Waals surface area contributed by atoms with Gasteiger partial charge in [-0.25, -0.2) is 9.97 Å². The largest absolute Gasteiger partial charge is 0.355 e. The minimum absolute atomic E-state index is 0.208. The van der Waals surface area contributed by atoms with E-state index in [2.05, 4.69) is 21.3 Å². The normalized spacial score (nSPS) is 14.4. The van der Waals surface area contributed by atoms with Gasteiger partial charge in [0.25, 0.3) is 5.91 Å². The maximum absolute atomic E-state index is 13.1. The maximum Gasteiger partial charge on any atom is 0.278 e. The number of nitrogens with zero attached hydrogens (tertiary/aromatic N) is 3. The summed E-state index contributed by atoms with van der Waals surface area (Å²) in [4.78, 5) is 24.8. The van der Waals surface area contributed by atoms with E-state index >= 15 is 0 Å². The van der Waals surface area contributed by atoms with Crippen molar-refractivity contribution in [1.29, 1.82) is 0 Å². The summed E-state index contributed by atoms with van der Waals surface area (Å²) in [6.45, 7) is 5.87. The number of aryl methyl sites for hydroxylation is 2. The fourth-order valence-corrected chi connectivity index (χ4v) is 3.60. The zero-order chi connectivity index (χ0) is 18.8. The summed E-state index contributed by atoms with van der Waals surface area (Å²) in [5.74, 6) is 0.483. The predicted molar refractivity (Wildman–Crippen MR) is 109 cm³/mol. The number of carbonyl (C=O) groups is 1. The number of benzene rings is 2.